The molecule has 73 heavy (non-hydrogen) atoms. The van der Waals surface area contributed by atoms with Crippen molar-refractivity contribution in [3.8, 4) is 100 Å². The second-order valence-corrected chi connectivity index (χ2v) is 22.0. The van der Waals surface area contributed by atoms with Crippen LogP contribution in [0.5, 0.6) is 0 Å². The highest BCUT2D eigenvalue weighted by atomic mass is 14.4. The third-order valence-corrected chi connectivity index (χ3v) is 17.5. The van der Waals surface area contributed by atoms with Gasteiger partial charge in [-0.05, 0) is 191 Å². The fourth-order valence-corrected chi connectivity index (χ4v) is 13.6. The maximum Gasteiger partial charge on any atom is 0.0159 e. The second-order valence-electron chi connectivity index (χ2n) is 22.0. The average molecular weight is 929 g/mol. The van der Waals surface area contributed by atoms with E-state index in [1.165, 1.54) is 160 Å². The zero-order valence-corrected chi connectivity index (χ0v) is 41.9. The van der Waals surface area contributed by atoms with E-state index in [9.17, 15) is 0 Å². The number of hydrogen-bond acceptors (Lipinski definition) is 0. The molecule has 0 N–H and O–H groups in total. The first-order valence-corrected chi connectivity index (χ1v) is 26.0. The molecule has 0 radical (unpaired) electrons. The van der Waals surface area contributed by atoms with Crippen molar-refractivity contribution in [2.24, 2.45) is 0 Å². The lowest BCUT2D eigenvalue weighted by molar-refractivity contribution is 0.660. The van der Waals surface area contributed by atoms with Gasteiger partial charge in [0.2, 0.25) is 0 Å². The van der Waals surface area contributed by atoms with Gasteiger partial charge in [-0.1, -0.05) is 228 Å². The van der Waals surface area contributed by atoms with Gasteiger partial charge in [0.1, 0.15) is 0 Å². The Balaban J connectivity index is 0.708. The monoisotopic (exact) mass is 928 g/mol. The number of aryl methyl sites for hydroxylation is 1. The molecule has 15 rings (SSSR count). The van der Waals surface area contributed by atoms with Gasteiger partial charge in [-0.25, -0.2) is 0 Å². The Hall–Kier alpha value is -8.58. The maximum atomic E-state index is 2.47. The van der Waals surface area contributed by atoms with Crippen molar-refractivity contribution in [1.82, 2.24) is 0 Å². The molecule has 0 nitrogen and oxygen atoms in total. The van der Waals surface area contributed by atoms with E-state index in [-0.39, 0.29) is 10.8 Å². The van der Waals surface area contributed by atoms with Gasteiger partial charge in [0, 0.05) is 10.8 Å². The van der Waals surface area contributed by atoms with Crippen molar-refractivity contribution in [3.05, 3.63) is 252 Å². The molecule has 0 saturated heterocycles. The van der Waals surface area contributed by atoms with Crippen molar-refractivity contribution in [3.63, 3.8) is 0 Å². The van der Waals surface area contributed by atoms with Gasteiger partial charge < -0.3 is 0 Å². The molecule has 0 amide bonds. The zero-order chi connectivity index (χ0) is 48.9. The molecule has 3 aliphatic carbocycles. The highest BCUT2D eigenvalue weighted by Gasteiger charge is 2.38. The third-order valence-electron chi connectivity index (χ3n) is 17.5. The van der Waals surface area contributed by atoms with Gasteiger partial charge >= 0.3 is 0 Å². The van der Waals surface area contributed by atoms with Crippen molar-refractivity contribution < 1.29 is 0 Å². The molecular weight excluding hydrogens is 877 g/mol. The van der Waals surface area contributed by atoms with Crippen LogP contribution in [0.1, 0.15) is 55.5 Å². The molecule has 0 heteroatoms. The lowest BCUT2D eigenvalue weighted by atomic mass is 9.79. The maximum absolute atomic E-state index is 2.47. The normalized spacial score (nSPS) is 14.0. The fourth-order valence-electron chi connectivity index (χ4n) is 13.6. The Kier molecular flexibility index (Phi) is 8.78. The molecule has 0 heterocycles. The number of rotatable bonds is 5. The number of hydrogen-bond donors (Lipinski definition) is 0. The van der Waals surface area contributed by atoms with Gasteiger partial charge in [0.05, 0.1) is 0 Å². The summed E-state index contributed by atoms with van der Waals surface area (Å²) in [6.45, 7) is 11.9. The highest BCUT2D eigenvalue weighted by molar-refractivity contribution is 6.19. The van der Waals surface area contributed by atoms with E-state index in [4.69, 9.17) is 0 Å². The predicted octanol–water partition coefficient (Wildman–Crippen LogP) is 20.0. The molecular formula is C73H52. The standard InChI is InChI=1S/C73H52/c1-43-52-13-6-10-17-61(52)70(62-18-11-7-14-53(43)62)47-27-23-45(24-28-47)49-30-34-58-60-36-32-51(42-69(60)73(4,5)67(58)40-49)50-31-35-59-57-33-29-48(39-66(57)72(2,3)68(59)41-50)44-21-25-46(26-22-44)54-37-38-65-56-16-9-8-15-55(56)64-20-12-19-63(54)71(64)65/h6-42H,1-5H3. The Morgan fingerprint density at radius 3 is 1.01 bits per heavy atom. The molecule has 12 aromatic rings. The van der Waals surface area contributed by atoms with Crippen molar-refractivity contribution in [1.29, 1.82) is 0 Å². The van der Waals surface area contributed by atoms with Gasteiger partial charge in [0.15, 0.2) is 0 Å². The first-order valence-electron chi connectivity index (χ1n) is 26.0. The van der Waals surface area contributed by atoms with Gasteiger partial charge in [-0.15, -0.1) is 0 Å². The van der Waals surface area contributed by atoms with Gasteiger partial charge in [-0.2, -0.15) is 0 Å². The van der Waals surface area contributed by atoms with Crippen LogP contribution in [0.3, 0.4) is 0 Å². The molecule has 0 unspecified atom stereocenters. The Labute approximate surface area is 427 Å². The summed E-state index contributed by atoms with van der Waals surface area (Å²) in [6.07, 6.45) is 0. The van der Waals surface area contributed by atoms with Crippen molar-refractivity contribution in [2.75, 3.05) is 0 Å². The van der Waals surface area contributed by atoms with E-state index in [1.54, 1.807) is 0 Å². The van der Waals surface area contributed by atoms with Crippen LogP contribution in [0.4, 0.5) is 0 Å². The van der Waals surface area contributed by atoms with E-state index in [1.807, 2.05) is 0 Å². The topological polar surface area (TPSA) is 0 Å². The number of benzene rings is 12. The van der Waals surface area contributed by atoms with E-state index >= 15 is 0 Å². The van der Waals surface area contributed by atoms with Crippen molar-refractivity contribution in [2.45, 2.75) is 45.4 Å². The van der Waals surface area contributed by atoms with E-state index in [0.717, 1.165) is 0 Å². The van der Waals surface area contributed by atoms with Crippen LogP contribution in [0, 0.1) is 6.92 Å². The lowest BCUT2D eigenvalue weighted by Crippen LogP contribution is -2.15. The summed E-state index contributed by atoms with van der Waals surface area (Å²) in [6, 6.07) is 85.1. The van der Waals surface area contributed by atoms with Crippen LogP contribution in [-0.2, 0) is 10.8 Å². The van der Waals surface area contributed by atoms with Crippen LogP contribution in [0.2, 0.25) is 0 Å². The largest absolute Gasteiger partial charge is 0.0616 e. The fraction of sp³-hybridized carbons (Fsp3) is 0.0959. The average Bonchev–Trinajstić information content (AvgIpc) is 3.98. The molecule has 0 bridgehead atoms. The summed E-state index contributed by atoms with van der Waals surface area (Å²) >= 11 is 0. The first kappa shape index (κ1) is 42.1. The zero-order valence-electron chi connectivity index (χ0n) is 41.9. The van der Waals surface area contributed by atoms with Crippen LogP contribution >= 0.6 is 0 Å². The molecule has 0 aliphatic heterocycles. The lowest BCUT2D eigenvalue weighted by Gasteiger charge is -2.24. The highest BCUT2D eigenvalue weighted by Crippen LogP contribution is 2.54. The van der Waals surface area contributed by atoms with E-state index < -0.39 is 0 Å². The molecule has 3 aliphatic rings. The summed E-state index contributed by atoms with van der Waals surface area (Å²) in [5.74, 6) is 0. The molecule has 0 fully saturated rings. The first-order chi connectivity index (χ1) is 35.6. The molecule has 0 saturated carbocycles. The summed E-state index contributed by atoms with van der Waals surface area (Å²) in [5, 5.41) is 7.94. The van der Waals surface area contributed by atoms with Crippen LogP contribution < -0.4 is 0 Å². The molecule has 0 aromatic heterocycles. The van der Waals surface area contributed by atoms with Crippen LogP contribution in [0.15, 0.2) is 224 Å². The quantitative estimate of drug-likeness (QED) is 0.151. The van der Waals surface area contributed by atoms with Gasteiger partial charge in [0.25, 0.3) is 0 Å². The van der Waals surface area contributed by atoms with Crippen LogP contribution in [-0.4, -0.2) is 0 Å². The Bertz CT molecular complexity index is 4260. The number of fused-ring (bicyclic) bond motifs is 11. The minimum atomic E-state index is -0.153. The van der Waals surface area contributed by atoms with E-state index in [2.05, 4.69) is 259 Å². The Morgan fingerprint density at radius 1 is 0.233 bits per heavy atom. The molecule has 0 atom stereocenters. The minimum Gasteiger partial charge on any atom is -0.0616 e. The molecule has 12 aromatic carbocycles. The Morgan fingerprint density at radius 2 is 0.548 bits per heavy atom. The SMILES string of the molecule is Cc1c2ccccc2c(-c2ccc(-c3ccc4c(c3)C(C)(C)c3cc(-c5ccc6c(c5)C(C)(C)c5cc(-c7ccc(-c8ccc9c%10c(cccc8%10)-c8ccccc8-9)cc7)ccc5-6)ccc3-4)cc2)c2ccccc12. The summed E-state index contributed by atoms with van der Waals surface area (Å²) < 4.78 is 0. The second kappa shape index (κ2) is 15.2. The van der Waals surface area contributed by atoms with Crippen molar-refractivity contribution >= 4 is 32.3 Å². The third kappa shape index (κ3) is 6.02. The predicted molar refractivity (Wildman–Crippen MR) is 310 cm³/mol. The smallest absolute Gasteiger partial charge is 0.0159 e. The molecule has 0 spiro atoms. The minimum absolute atomic E-state index is 0.151. The van der Waals surface area contributed by atoms with E-state index in [0.29, 0.717) is 0 Å². The summed E-state index contributed by atoms with van der Waals surface area (Å²) in [7, 11) is 0. The van der Waals surface area contributed by atoms with Crippen LogP contribution in [0.25, 0.3) is 132 Å². The van der Waals surface area contributed by atoms with Gasteiger partial charge in [-0.3, -0.25) is 0 Å². The summed E-state index contributed by atoms with van der Waals surface area (Å²) in [4.78, 5) is 0. The summed E-state index contributed by atoms with van der Waals surface area (Å²) in [5.41, 5.74) is 29.9. The molecule has 344 valence electrons.